The van der Waals surface area contributed by atoms with Crippen molar-refractivity contribution in [2.24, 2.45) is 5.73 Å². The van der Waals surface area contributed by atoms with Crippen LogP contribution < -0.4 is 5.73 Å². The Morgan fingerprint density at radius 3 is 2.00 bits per heavy atom. The summed E-state index contributed by atoms with van der Waals surface area (Å²) >= 11 is 0. The van der Waals surface area contributed by atoms with E-state index in [0.717, 1.165) is 12.8 Å². The Morgan fingerprint density at radius 1 is 1.15 bits per heavy atom. The van der Waals surface area contributed by atoms with E-state index in [0.29, 0.717) is 32.8 Å². The number of hydrogen-bond donors (Lipinski definition) is 2. The minimum Gasteiger partial charge on any atom is -0.475 e. The van der Waals surface area contributed by atoms with Crippen molar-refractivity contribution in [2.45, 2.75) is 32.0 Å². The summed E-state index contributed by atoms with van der Waals surface area (Å²) in [4.78, 5) is 35.2. The monoisotopic (exact) mass is 389 g/mol. The molecule has 0 radical (unpaired) electrons. The third-order valence-electron chi connectivity index (χ3n) is 3.30. The van der Waals surface area contributed by atoms with Crippen LogP contribution in [0.25, 0.3) is 0 Å². The first kappa shape index (κ1) is 23.9. The fraction of sp³-hybridized carbons (Fsp3) is 0.786. The number of rotatable bonds is 5. The Balaban J connectivity index is 0.000000758. The lowest BCUT2D eigenvalue weighted by molar-refractivity contribution is -0.192. The van der Waals surface area contributed by atoms with Crippen molar-refractivity contribution < 1.29 is 41.8 Å². The average Bonchev–Trinajstić information content (AvgIpc) is 2.60. The maximum Gasteiger partial charge on any atom is 0.490 e. The minimum atomic E-state index is -5.08. The van der Waals surface area contributed by atoms with E-state index in [9.17, 15) is 27.2 Å². The zero-order valence-electron chi connectivity index (χ0n) is 14.3. The van der Waals surface area contributed by atoms with Gasteiger partial charge < -0.3 is 25.4 Å². The molecule has 0 aromatic heterocycles. The highest BCUT2D eigenvalue weighted by Gasteiger charge is 2.38. The van der Waals surface area contributed by atoms with Gasteiger partial charge in [-0.15, -0.1) is 0 Å². The highest BCUT2D eigenvalue weighted by atomic mass is 19.4. The van der Waals surface area contributed by atoms with E-state index in [4.69, 9.17) is 20.4 Å². The molecule has 2 amide bonds. The van der Waals surface area contributed by atoms with Gasteiger partial charge in [0.15, 0.2) is 0 Å². The summed E-state index contributed by atoms with van der Waals surface area (Å²) in [5, 5.41) is 7.12. The van der Waals surface area contributed by atoms with Gasteiger partial charge in [0.25, 0.3) is 0 Å². The van der Waals surface area contributed by atoms with Gasteiger partial charge in [0, 0.05) is 26.2 Å². The van der Waals surface area contributed by atoms with E-state index in [-0.39, 0.29) is 6.09 Å². The third kappa shape index (κ3) is 8.83. The van der Waals surface area contributed by atoms with Crippen LogP contribution >= 0.6 is 0 Å². The van der Waals surface area contributed by atoms with E-state index in [1.807, 2.05) is 6.92 Å². The van der Waals surface area contributed by atoms with E-state index < -0.39 is 30.8 Å². The first-order valence-corrected chi connectivity index (χ1v) is 7.86. The summed E-state index contributed by atoms with van der Waals surface area (Å²) in [6, 6.07) is -1.09. The number of ether oxygens (including phenoxy) is 1. The number of nitrogens with zero attached hydrogens (tertiary/aromatic N) is 2. The van der Waals surface area contributed by atoms with Gasteiger partial charge in [0.1, 0.15) is 12.7 Å². The molecule has 0 aromatic rings. The molecule has 1 atom stereocenters. The first-order chi connectivity index (χ1) is 12.0. The second-order valence-electron chi connectivity index (χ2n) is 5.34. The van der Waals surface area contributed by atoms with E-state index in [1.165, 1.54) is 4.90 Å². The third-order valence-corrected chi connectivity index (χ3v) is 3.30. The molecular weight excluding hydrogens is 366 g/mol. The van der Waals surface area contributed by atoms with E-state index in [2.05, 4.69) is 0 Å². The van der Waals surface area contributed by atoms with Gasteiger partial charge in [-0.25, -0.2) is 14.0 Å². The fourth-order valence-corrected chi connectivity index (χ4v) is 1.81. The van der Waals surface area contributed by atoms with Crippen molar-refractivity contribution in [1.29, 1.82) is 0 Å². The minimum absolute atomic E-state index is 0.352. The summed E-state index contributed by atoms with van der Waals surface area (Å²) in [6.07, 6.45) is -3.62. The summed E-state index contributed by atoms with van der Waals surface area (Å²) in [5.74, 6) is -3.16. The molecule has 0 saturated carbocycles. The number of carboxylic acid groups (broad SMARTS) is 1. The molecule has 12 heteroatoms. The molecule has 1 aliphatic rings. The number of hydrogen-bond acceptors (Lipinski definition) is 5. The second-order valence-corrected chi connectivity index (χ2v) is 5.34. The predicted molar refractivity (Wildman–Crippen MR) is 82.1 cm³/mol. The molecule has 0 aliphatic carbocycles. The number of aliphatic carboxylic acids is 1. The predicted octanol–water partition coefficient (Wildman–Crippen LogP) is 0.997. The Labute approximate surface area is 147 Å². The van der Waals surface area contributed by atoms with Gasteiger partial charge in [-0.05, 0) is 6.42 Å². The zero-order valence-corrected chi connectivity index (χ0v) is 14.3. The van der Waals surface area contributed by atoms with Crippen molar-refractivity contribution in [2.75, 3.05) is 39.5 Å². The van der Waals surface area contributed by atoms with E-state index in [1.54, 1.807) is 4.90 Å². The SMILES string of the molecule is CCCCOC(=O)N1CCN(C(=O)[C@@H](N)CF)CC1.O=C(O)C(F)(F)F. The highest BCUT2D eigenvalue weighted by molar-refractivity contribution is 5.82. The Bertz CT molecular complexity index is 468. The lowest BCUT2D eigenvalue weighted by Gasteiger charge is -2.34. The van der Waals surface area contributed by atoms with Crippen LogP contribution in [-0.2, 0) is 14.3 Å². The van der Waals surface area contributed by atoms with Crippen molar-refractivity contribution in [3.05, 3.63) is 0 Å². The van der Waals surface area contributed by atoms with Crippen LogP contribution in [0.4, 0.5) is 22.4 Å². The fourth-order valence-electron chi connectivity index (χ4n) is 1.81. The number of nitrogens with two attached hydrogens (primary N) is 1. The van der Waals surface area contributed by atoms with Crippen molar-refractivity contribution >= 4 is 18.0 Å². The van der Waals surface area contributed by atoms with Gasteiger partial charge >= 0.3 is 18.2 Å². The van der Waals surface area contributed by atoms with Gasteiger partial charge in [0.2, 0.25) is 5.91 Å². The normalized spacial score (nSPS) is 15.6. The lowest BCUT2D eigenvalue weighted by atomic mass is 10.2. The number of amides is 2. The van der Waals surface area contributed by atoms with Crippen LogP contribution in [0, 0.1) is 0 Å². The Hall–Kier alpha value is -2.11. The molecule has 0 bridgehead atoms. The lowest BCUT2D eigenvalue weighted by Crippen LogP contribution is -2.54. The maximum atomic E-state index is 12.3. The number of carbonyl (C=O) groups is 3. The van der Waals surface area contributed by atoms with Gasteiger partial charge in [-0.3, -0.25) is 4.79 Å². The maximum absolute atomic E-state index is 12.3. The molecule has 152 valence electrons. The van der Waals surface area contributed by atoms with E-state index >= 15 is 0 Å². The number of unbranched alkanes of at least 4 members (excludes halogenated alkanes) is 1. The summed E-state index contributed by atoms with van der Waals surface area (Å²) in [7, 11) is 0. The zero-order chi connectivity index (χ0) is 20.3. The van der Waals surface area contributed by atoms with Crippen LogP contribution in [-0.4, -0.2) is 84.6 Å². The molecule has 8 nitrogen and oxygen atoms in total. The molecular formula is C14H23F4N3O5. The molecule has 1 fully saturated rings. The number of alkyl halides is 4. The number of piperazine rings is 1. The summed E-state index contributed by atoms with van der Waals surface area (Å²) < 4.78 is 49.1. The Morgan fingerprint density at radius 2 is 1.62 bits per heavy atom. The van der Waals surface area contributed by atoms with Gasteiger partial charge in [-0.2, -0.15) is 13.2 Å². The van der Waals surface area contributed by atoms with Crippen molar-refractivity contribution in [3.63, 3.8) is 0 Å². The second kappa shape index (κ2) is 11.5. The largest absolute Gasteiger partial charge is 0.490 e. The Kier molecular flexibility index (Phi) is 10.6. The molecule has 0 unspecified atom stereocenters. The highest BCUT2D eigenvalue weighted by Crippen LogP contribution is 2.13. The quantitative estimate of drug-likeness (QED) is 0.536. The van der Waals surface area contributed by atoms with Crippen molar-refractivity contribution in [1.82, 2.24) is 9.80 Å². The number of carboxylic acids is 1. The molecule has 3 N–H and O–H groups in total. The van der Waals surface area contributed by atoms with Crippen LogP contribution in [0.15, 0.2) is 0 Å². The molecule has 1 aliphatic heterocycles. The van der Waals surface area contributed by atoms with Crippen LogP contribution in [0.2, 0.25) is 0 Å². The van der Waals surface area contributed by atoms with Crippen LogP contribution in [0.3, 0.4) is 0 Å². The first-order valence-electron chi connectivity index (χ1n) is 7.86. The summed E-state index contributed by atoms with van der Waals surface area (Å²) in [6.45, 7) is 3.11. The molecule has 26 heavy (non-hydrogen) atoms. The average molecular weight is 389 g/mol. The summed E-state index contributed by atoms with van der Waals surface area (Å²) in [5.41, 5.74) is 5.35. The van der Waals surface area contributed by atoms with Crippen molar-refractivity contribution in [3.8, 4) is 0 Å². The smallest absolute Gasteiger partial charge is 0.475 e. The molecule has 0 aromatic carbocycles. The number of carbonyl (C=O) groups excluding carboxylic acids is 2. The topological polar surface area (TPSA) is 113 Å². The number of halogens is 4. The molecule has 1 saturated heterocycles. The molecule has 1 heterocycles. The standard InChI is InChI=1S/C12H22FN3O3.C2HF3O2/c1-2-3-8-19-12(18)16-6-4-15(5-7-16)11(17)10(14)9-13;3-2(4,5)1(6)7/h10H,2-9,14H2,1H3;(H,6,7)/t10-;/m0./s1. The molecule has 0 spiro atoms. The van der Waals surface area contributed by atoms with Crippen LogP contribution in [0.5, 0.6) is 0 Å². The van der Waals surface area contributed by atoms with Gasteiger partial charge in [0.05, 0.1) is 6.61 Å². The van der Waals surface area contributed by atoms with Crippen LogP contribution in [0.1, 0.15) is 19.8 Å². The van der Waals surface area contributed by atoms with Gasteiger partial charge in [-0.1, -0.05) is 13.3 Å². The molecule has 1 rings (SSSR count).